The number of benzene rings is 1. The number of rotatable bonds is 3. The number of aliphatic hydroxyl groups is 1. The molecule has 1 fully saturated rings. The SMILES string of the molecule is CCS(=O)(=O)N1CC[C@H]([C@@H]2c3ccccc3-c3cncn32)[C@@H](O)C1. The van der Waals surface area contributed by atoms with Crippen LogP contribution in [0.15, 0.2) is 36.8 Å². The molecule has 3 heterocycles. The summed E-state index contributed by atoms with van der Waals surface area (Å²) < 4.78 is 27.7. The van der Waals surface area contributed by atoms with E-state index in [0.29, 0.717) is 13.0 Å². The van der Waals surface area contributed by atoms with Gasteiger partial charge in [-0.1, -0.05) is 24.3 Å². The van der Waals surface area contributed by atoms with Crippen LogP contribution in [0.5, 0.6) is 0 Å². The number of hydrogen-bond donors (Lipinski definition) is 1. The van der Waals surface area contributed by atoms with Crippen LogP contribution in [-0.2, 0) is 10.0 Å². The molecule has 0 unspecified atom stereocenters. The van der Waals surface area contributed by atoms with Crippen molar-refractivity contribution in [3.8, 4) is 11.3 Å². The second-order valence-corrected chi connectivity index (χ2v) is 8.75. The van der Waals surface area contributed by atoms with Gasteiger partial charge in [-0.2, -0.15) is 4.31 Å². The molecule has 0 aliphatic carbocycles. The zero-order valence-electron chi connectivity index (χ0n) is 13.5. The molecular weight excluding hydrogens is 326 g/mol. The highest BCUT2D eigenvalue weighted by Crippen LogP contribution is 2.45. The normalized spacial score (nSPS) is 27.0. The Labute approximate surface area is 141 Å². The molecule has 2 aromatic rings. The topological polar surface area (TPSA) is 75.4 Å². The van der Waals surface area contributed by atoms with E-state index in [2.05, 4.69) is 21.7 Å². The molecule has 7 heteroatoms. The van der Waals surface area contributed by atoms with Gasteiger partial charge in [0.2, 0.25) is 10.0 Å². The lowest BCUT2D eigenvalue weighted by Gasteiger charge is -2.38. The molecule has 0 bridgehead atoms. The number of sulfonamides is 1. The van der Waals surface area contributed by atoms with E-state index in [0.717, 1.165) is 11.3 Å². The highest BCUT2D eigenvalue weighted by molar-refractivity contribution is 7.89. The van der Waals surface area contributed by atoms with Gasteiger partial charge in [0.25, 0.3) is 0 Å². The van der Waals surface area contributed by atoms with Gasteiger partial charge in [0, 0.05) is 24.6 Å². The van der Waals surface area contributed by atoms with Crippen LogP contribution in [0.3, 0.4) is 0 Å². The van der Waals surface area contributed by atoms with E-state index >= 15 is 0 Å². The predicted octanol–water partition coefficient (Wildman–Crippen LogP) is 1.49. The zero-order valence-corrected chi connectivity index (χ0v) is 14.4. The molecule has 1 saturated heterocycles. The van der Waals surface area contributed by atoms with Gasteiger partial charge in [0.15, 0.2) is 0 Å². The van der Waals surface area contributed by atoms with Crippen LogP contribution in [0.2, 0.25) is 0 Å². The third-order valence-electron chi connectivity index (χ3n) is 5.28. The minimum absolute atomic E-state index is 0.0141. The summed E-state index contributed by atoms with van der Waals surface area (Å²) in [5.74, 6) is 0.0485. The Morgan fingerprint density at radius 2 is 2.12 bits per heavy atom. The van der Waals surface area contributed by atoms with Crippen molar-refractivity contribution in [1.29, 1.82) is 0 Å². The number of fused-ring (bicyclic) bond motifs is 3. The van der Waals surface area contributed by atoms with Crippen LogP contribution in [0.1, 0.15) is 24.9 Å². The maximum Gasteiger partial charge on any atom is 0.213 e. The van der Waals surface area contributed by atoms with E-state index in [1.807, 2.05) is 24.7 Å². The fraction of sp³-hybridized carbons (Fsp3) is 0.471. The van der Waals surface area contributed by atoms with Crippen LogP contribution in [-0.4, -0.2) is 52.3 Å². The van der Waals surface area contributed by atoms with Crippen molar-refractivity contribution in [3.63, 3.8) is 0 Å². The molecule has 0 amide bonds. The lowest BCUT2D eigenvalue weighted by molar-refractivity contribution is 0.0343. The van der Waals surface area contributed by atoms with Crippen molar-refractivity contribution in [2.24, 2.45) is 5.92 Å². The standard InChI is InChI=1S/C17H21N3O3S/c1-2-24(22,23)19-8-7-14(16(21)10-19)17-13-6-4-3-5-12(13)15-9-18-11-20(15)17/h3-6,9,11,14,16-17,21H,2,7-8,10H2,1H3/t14-,16-,17-/m0/s1. The summed E-state index contributed by atoms with van der Waals surface area (Å²) in [6.45, 7) is 2.27. The summed E-state index contributed by atoms with van der Waals surface area (Å²) in [4.78, 5) is 4.26. The van der Waals surface area contributed by atoms with E-state index in [9.17, 15) is 13.5 Å². The number of aliphatic hydroxyl groups excluding tert-OH is 1. The average Bonchev–Trinajstić information content (AvgIpc) is 3.16. The number of piperidine rings is 1. The molecule has 1 N–H and O–H groups in total. The van der Waals surface area contributed by atoms with Gasteiger partial charge in [-0.3, -0.25) is 0 Å². The number of aromatic nitrogens is 2. The van der Waals surface area contributed by atoms with Crippen LogP contribution in [0.4, 0.5) is 0 Å². The smallest absolute Gasteiger partial charge is 0.213 e. The monoisotopic (exact) mass is 347 g/mol. The fourth-order valence-electron chi connectivity index (χ4n) is 4.03. The predicted molar refractivity (Wildman–Crippen MR) is 90.9 cm³/mol. The average molecular weight is 347 g/mol. The molecule has 4 rings (SSSR count). The Morgan fingerprint density at radius 1 is 1.33 bits per heavy atom. The molecule has 1 aromatic carbocycles. The van der Waals surface area contributed by atoms with Gasteiger partial charge in [0.05, 0.1) is 36.1 Å². The molecule has 6 nitrogen and oxygen atoms in total. The Bertz CT molecular complexity index is 861. The van der Waals surface area contributed by atoms with Gasteiger partial charge in [-0.05, 0) is 18.9 Å². The highest BCUT2D eigenvalue weighted by Gasteiger charge is 2.41. The van der Waals surface area contributed by atoms with E-state index in [1.54, 1.807) is 6.92 Å². The second kappa shape index (κ2) is 5.68. The maximum atomic E-state index is 12.1. The Kier molecular flexibility index (Phi) is 3.74. The summed E-state index contributed by atoms with van der Waals surface area (Å²) in [5, 5.41) is 10.7. The van der Waals surface area contributed by atoms with Crippen LogP contribution < -0.4 is 0 Å². The number of hydrogen-bond acceptors (Lipinski definition) is 4. The molecule has 3 atom stereocenters. The first-order chi connectivity index (χ1) is 11.5. The van der Waals surface area contributed by atoms with Gasteiger partial charge in [-0.15, -0.1) is 0 Å². The van der Waals surface area contributed by atoms with Crippen LogP contribution in [0, 0.1) is 5.92 Å². The van der Waals surface area contributed by atoms with Crippen molar-refractivity contribution < 1.29 is 13.5 Å². The Hall–Kier alpha value is -1.70. The van der Waals surface area contributed by atoms with Crippen LogP contribution in [0.25, 0.3) is 11.3 Å². The lowest BCUT2D eigenvalue weighted by Crippen LogP contribution is -2.49. The minimum atomic E-state index is -3.26. The molecule has 0 saturated carbocycles. The van der Waals surface area contributed by atoms with Gasteiger partial charge >= 0.3 is 0 Å². The third-order valence-corrected chi connectivity index (χ3v) is 7.13. The van der Waals surface area contributed by atoms with Crippen molar-refractivity contribution in [2.45, 2.75) is 25.5 Å². The molecule has 2 aliphatic heterocycles. The molecular formula is C17H21N3O3S. The molecule has 1 aromatic heterocycles. The van der Waals surface area contributed by atoms with Crippen LogP contribution >= 0.6 is 0 Å². The molecule has 24 heavy (non-hydrogen) atoms. The first-order valence-electron chi connectivity index (χ1n) is 8.30. The largest absolute Gasteiger partial charge is 0.391 e. The van der Waals surface area contributed by atoms with E-state index in [4.69, 9.17) is 0 Å². The van der Waals surface area contributed by atoms with Crippen molar-refractivity contribution >= 4 is 10.0 Å². The molecule has 0 radical (unpaired) electrons. The first-order valence-corrected chi connectivity index (χ1v) is 9.91. The Balaban J connectivity index is 1.66. The zero-order chi connectivity index (χ0) is 16.9. The number of β-amino-alcohol motifs (C(OH)–C–C–N with tert-alkyl or cyclic N) is 1. The Morgan fingerprint density at radius 3 is 2.88 bits per heavy atom. The van der Waals surface area contributed by atoms with E-state index in [1.165, 1.54) is 9.87 Å². The number of imidazole rings is 1. The molecule has 0 spiro atoms. The summed E-state index contributed by atoms with van der Waals surface area (Å²) in [6.07, 6.45) is 3.60. The van der Waals surface area contributed by atoms with Crippen molar-refractivity contribution in [3.05, 3.63) is 42.4 Å². The first kappa shape index (κ1) is 15.8. The third kappa shape index (κ3) is 2.30. The highest BCUT2D eigenvalue weighted by atomic mass is 32.2. The van der Waals surface area contributed by atoms with Crippen molar-refractivity contribution in [2.75, 3.05) is 18.8 Å². The van der Waals surface area contributed by atoms with Gasteiger partial charge in [0.1, 0.15) is 0 Å². The van der Waals surface area contributed by atoms with Crippen molar-refractivity contribution in [1.82, 2.24) is 13.9 Å². The molecule has 128 valence electrons. The summed E-state index contributed by atoms with van der Waals surface area (Å²) in [5.41, 5.74) is 3.40. The maximum absolute atomic E-state index is 12.1. The minimum Gasteiger partial charge on any atom is -0.391 e. The summed E-state index contributed by atoms with van der Waals surface area (Å²) in [7, 11) is -3.26. The molecule has 2 aliphatic rings. The van der Waals surface area contributed by atoms with E-state index in [-0.39, 0.29) is 24.3 Å². The summed E-state index contributed by atoms with van der Waals surface area (Å²) >= 11 is 0. The summed E-state index contributed by atoms with van der Waals surface area (Å²) in [6, 6.07) is 8.20. The van der Waals surface area contributed by atoms with Gasteiger partial charge in [-0.25, -0.2) is 13.4 Å². The second-order valence-electron chi connectivity index (χ2n) is 6.50. The van der Waals surface area contributed by atoms with E-state index < -0.39 is 16.1 Å². The van der Waals surface area contributed by atoms with Gasteiger partial charge < -0.3 is 9.67 Å². The fourth-order valence-corrected chi connectivity index (χ4v) is 5.16. The lowest BCUT2D eigenvalue weighted by atomic mass is 9.84. The quantitative estimate of drug-likeness (QED) is 0.913. The number of nitrogens with zero attached hydrogens (tertiary/aromatic N) is 3.